The molecule has 2 N–H and O–H groups in total. The van der Waals surface area contributed by atoms with E-state index in [4.69, 9.17) is 9.72 Å². The molecule has 2 saturated carbocycles. The third-order valence-electron chi connectivity index (χ3n) is 10.0. The van der Waals surface area contributed by atoms with Crippen molar-refractivity contribution >= 4 is 11.9 Å². The van der Waals surface area contributed by atoms with Crippen molar-refractivity contribution in [2.24, 2.45) is 17.3 Å². The van der Waals surface area contributed by atoms with Crippen LogP contribution in [0.5, 0.6) is 5.75 Å². The van der Waals surface area contributed by atoms with Gasteiger partial charge in [-0.25, -0.2) is 4.79 Å². The zero-order valence-corrected chi connectivity index (χ0v) is 25.9. The van der Waals surface area contributed by atoms with Crippen molar-refractivity contribution in [1.29, 1.82) is 0 Å². The van der Waals surface area contributed by atoms with Crippen LogP contribution in [0.3, 0.4) is 0 Å². The minimum atomic E-state index is -0.926. The maximum absolute atomic E-state index is 14.3. The normalized spacial score (nSPS) is 25.9. The summed E-state index contributed by atoms with van der Waals surface area (Å²) in [6.45, 7) is 6.82. The van der Waals surface area contributed by atoms with E-state index in [0.29, 0.717) is 12.5 Å². The Morgan fingerprint density at radius 3 is 2.24 bits per heavy atom. The van der Waals surface area contributed by atoms with E-state index >= 15 is 0 Å². The molecule has 7 heteroatoms. The smallest absolute Gasteiger partial charge is 0.326 e. The molecule has 42 heavy (non-hydrogen) atoms. The Morgan fingerprint density at radius 1 is 1.00 bits per heavy atom. The molecule has 1 saturated heterocycles. The number of rotatable bonds is 8. The predicted molar refractivity (Wildman–Crippen MR) is 164 cm³/mol. The van der Waals surface area contributed by atoms with Crippen LogP contribution in [0.15, 0.2) is 42.6 Å². The summed E-state index contributed by atoms with van der Waals surface area (Å²) in [5.41, 5.74) is 2.74. The number of nitrogens with one attached hydrogen (secondary N) is 1. The van der Waals surface area contributed by atoms with Crippen LogP contribution in [-0.4, -0.2) is 46.1 Å². The van der Waals surface area contributed by atoms with Gasteiger partial charge in [0.25, 0.3) is 0 Å². The quantitative estimate of drug-likeness (QED) is 0.357. The number of ether oxygens (including phenoxy) is 1. The molecule has 5 rings (SSSR count). The van der Waals surface area contributed by atoms with E-state index < -0.39 is 18.1 Å². The van der Waals surface area contributed by atoms with Crippen molar-refractivity contribution in [3.63, 3.8) is 0 Å². The molecule has 2 heterocycles. The number of hydrogen-bond acceptors (Lipinski definition) is 5. The van der Waals surface area contributed by atoms with Crippen molar-refractivity contribution in [3.8, 4) is 5.75 Å². The standard InChI is InChI=1S/C35H49N3O4/c1-35(2,3)29-30(37-21-26-20-27(36-22-28(26)42-4)23-14-8-5-9-15-23)31(24-16-10-6-11-17-24)38(32(29)34(40)41)33(39)25-18-12-7-13-19-25/h6,10-11,16-17,20,22-23,25,29-32,37H,5,7-9,12-15,18-19,21H2,1-4H3,(H,40,41)/t29-,30-,31-,32-/m0/s1. The van der Waals surface area contributed by atoms with Crippen molar-refractivity contribution in [1.82, 2.24) is 15.2 Å². The van der Waals surface area contributed by atoms with Gasteiger partial charge in [-0.15, -0.1) is 0 Å². The maximum Gasteiger partial charge on any atom is 0.326 e. The molecule has 1 aliphatic heterocycles. The monoisotopic (exact) mass is 575 g/mol. The Balaban J connectivity index is 1.54. The van der Waals surface area contributed by atoms with Crippen molar-refractivity contribution in [3.05, 3.63) is 59.4 Å². The number of likely N-dealkylation sites (tertiary alicyclic amines) is 1. The lowest BCUT2D eigenvalue weighted by Gasteiger charge is -2.36. The van der Waals surface area contributed by atoms with E-state index in [1.807, 2.05) is 36.5 Å². The third kappa shape index (κ3) is 6.36. The van der Waals surface area contributed by atoms with Crippen LogP contribution < -0.4 is 10.1 Å². The second-order valence-corrected chi connectivity index (χ2v) is 13.8. The van der Waals surface area contributed by atoms with Crippen LogP contribution in [0.2, 0.25) is 0 Å². The number of aliphatic carboxylic acids is 1. The van der Waals surface area contributed by atoms with Crippen LogP contribution in [0.25, 0.3) is 0 Å². The molecule has 3 fully saturated rings. The van der Waals surface area contributed by atoms with E-state index in [-0.39, 0.29) is 29.2 Å². The molecule has 2 aromatic rings. The molecule has 7 nitrogen and oxygen atoms in total. The van der Waals surface area contributed by atoms with Crippen LogP contribution >= 0.6 is 0 Å². The number of nitrogens with zero attached hydrogens (tertiary/aromatic N) is 2. The largest absolute Gasteiger partial charge is 0.495 e. The van der Waals surface area contributed by atoms with Crippen LogP contribution in [0.4, 0.5) is 0 Å². The van der Waals surface area contributed by atoms with E-state index in [9.17, 15) is 14.7 Å². The SMILES string of the molecule is COc1cnc(C2CCCCC2)cc1CN[C@H]1[C@H](C(C)(C)C)[C@@H](C(=O)O)N(C(=O)C2CCCCC2)[C@H]1c1ccccc1. The molecule has 228 valence electrons. The number of carbonyl (C=O) groups is 2. The van der Waals surface area contributed by atoms with E-state index in [1.54, 1.807) is 12.0 Å². The summed E-state index contributed by atoms with van der Waals surface area (Å²) in [6.07, 6.45) is 12.8. The summed E-state index contributed by atoms with van der Waals surface area (Å²) in [6, 6.07) is 10.6. The van der Waals surface area contributed by atoms with Gasteiger partial charge in [-0.3, -0.25) is 9.78 Å². The van der Waals surface area contributed by atoms with Crippen molar-refractivity contribution in [2.45, 2.75) is 116 Å². The minimum Gasteiger partial charge on any atom is -0.495 e. The molecule has 0 spiro atoms. The zero-order valence-electron chi connectivity index (χ0n) is 25.9. The Kier molecular flexibility index (Phi) is 9.56. The topological polar surface area (TPSA) is 91.8 Å². The molecule has 1 aromatic heterocycles. The lowest BCUT2D eigenvalue weighted by molar-refractivity contribution is -0.154. The highest BCUT2D eigenvalue weighted by Gasteiger charge is 2.58. The summed E-state index contributed by atoms with van der Waals surface area (Å²) in [5, 5.41) is 14.6. The minimum absolute atomic E-state index is 0.00409. The fraction of sp³-hybridized carbons (Fsp3) is 0.629. The van der Waals surface area contributed by atoms with Gasteiger partial charge in [0.1, 0.15) is 11.8 Å². The lowest BCUT2D eigenvalue weighted by atomic mass is 9.72. The van der Waals surface area contributed by atoms with E-state index in [0.717, 1.165) is 67.5 Å². The molecule has 1 aromatic carbocycles. The number of benzene rings is 1. The number of hydrogen-bond donors (Lipinski definition) is 2. The summed E-state index contributed by atoms with van der Waals surface area (Å²) in [4.78, 5) is 34.0. The molecule has 0 radical (unpaired) electrons. The molecular weight excluding hydrogens is 526 g/mol. The molecule has 2 aliphatic carbocycles. The van der Waals surface area contributed by atoms with Gasteiger partial charge < -0.3 is 20.1 Å². The van der Waals surface area contributed by atoms with Crippen LogP contribution in [0, 0.1) is 17.3 Å². The highest BCUT2D eigenvalue weighted by Crippen LogP contribution is 2.49. The number of carbonyl (C=O) groups excluding carboxylic acids is 1. The fourth-order valence-corrected chi connectivity index (χ4v) is 7.96. The Bertz CT molecular complexity index is 1210. The maximum atomic E-state index is 14.3. The third-order valence-corrected chi connectivity index (χ3v) is 10.0. The first-order valence-corrected chi connectivity index (χ1v) is 16.1. The first kappa shape index (κ1) is 30.5. The number of pyridine rings is 1. The second kappa shape index (κ2) is 13.2. The van der Waals surface area contributed by atoms with Gasteiger partial charge in [-0.2, -0.15) is 0 Å². The fourth-order valence-electron chi connectivity index (χ4n) is 7.96. The van der Waals surface area contributed by atoms with Gasteiger partial charge in [-0.1, -0.05) is 89.6 Å². The van der Waals surface area contributed by atoms with Gasteiger partial charge in [0, 0.05) is 41.6 Å². The first-order valence-electron chi connectivity index (χ1n) is 16.1. The van der Waals surface area contributed by atoms with Gasteiger partial charge in [0.15, 0.2) is 0 Å². The van der Waals surface area contributed by atoms with E-state index in [2.05, 4.69) is 32.2 Å². The summed E-state index contributed by atoms with van der Waals surface area (Å²) >= 11 is 0. The van der Waals surface area contributed by atoms with Gasteiger partial charge in [-0.05, 0) is 42.7 Å². The average Bonchev–Trinajstić information content (AvgIpc) is 3.37. The van der Waals surface area contributed by atoms with Crippen LogP contribution in [-0.2, 0) is 16.1 Å². The Labute approximate surface area is 251 Å². The van der Waals surface area contributed by atoms with Gasteiger partial charge >= 0.3 is 5.97 Å². The molecule has 4 atom stereocenters. The average molecular weight is 576 g/mol. The number of carboxylic acids is 1. The molecule has 3 aliphatic rings. The molecule has 1 amide bonds. The number of aromatic nitrogens is 1. The van der Waals surface area contributed by atoms with E-state index in [1.165, 1.54) is 19.3 Å². The summed E-state index contributed by atoms with van der Waals surface area (Å²) in [5.74, 6) is -0.160. The Morgan fingerprint density at radius 2 is 1.64 bits per heavy atom. The summed E-state index contributed by atoms with van der Waals surface area (Å²) < 4.78 is 5.75. The molecule has 0 unspecified atom stereocenters. The zero-order chi connectivity index (χ0) is 29.9. The van der Waals surface area contributed by atoms with Crippen LogP contribution in [0.1, 0.15) is 114 Å². The molecule has 0 bridgehead atoms. The number of methoxy groups -OCH3 is 1. The predicted octanol–water partition coefficient (Wildman–Crippen LogP) is 6.88. The lowest BCUT2D eigenvalue weighted by Crippen LogP contribution is -2.49. The highest BCUT2D eigenvalue weighted by molar-refractivity contribution is 5.87. The van der Waals surface area contributed by atoms with Gasteiger partial charge in [0.05, 0.1) is 19.3 Å². The highest BCUT2D eigenvalue weighted by atomic mass is 16.5. The second-order valence-electron chi connectivity index (χ2n) is 13.8. The number of amides is 1. The Hall–Kier alpha value is -2.93. The van der Waals surface area contributed by atoms with Gasteiger partial charge in [0.2, 0.25) is 5.91 Å². The first-order chi connectivity index (χ1) is 20.2. The number of carboxylic acid groups (broad SMARTS) is 1. The van der Waals surface area contributed by atoms with Crippen molar-refractivity contribution in [2.75, 3.05) is 7.11 Å². The summed E-state index contributed by atoms with van der Waals surface area (Å²) in [7, 11) is 1.67. The molecular formula is C35H49N3O4. The van der Waals surface area contributed by atoms with Crippen molar-refractivity contribution < 1.29 is 19.4 Å².